The molecular weight excluding hydrogens is 468 g/mol. The van der Waals surface area contributed by atoms with Gasteiger partial charge in [-0.25, -0.2) is 9.78 Å². The smallest absolute Gasteiger partial charge is 0.409 e. The molecule has 0 spiro atoms. The van der Waals surface area contributed by atoms with Gasteiger partial charge in [0.2, 0.25) is 0 Å². The summed E-state index contributed by atoms with van der Waals surface area (Å²) in [5, 5.41) is 3.61. The highest BCUT2D eigenvalue weighted by Crippen LogP contribution is 2.38. The van der Waals surface area contributed by atoms with E-state index in [1.165, 1.54) is 0 Å². The molecule has 4 heterocycles. The number of aromatic nitrogens is 3. The summed E-state index contributed by atoms with van der Waals surface area (Å²) in [5.74, 6) is 0.779. The number of benzene rings is 2. The molecule has 9 nitrogen and oxygen atoms in total. The van der Waals surface area contributed by atoms with Crippen molar-refractivity contribution in [1.29, 1.82) is 0 Å². The van der Waals surface area contributed by atoms with E-state index >= 15 is 0 Å². The van der Waals surface area contributed by atoms with Crippen LogP contribution in [0.3, 0.4) is 0 Å². The Labute approximate surface area is 214 Å². The van der Waals surface area contributed by atoms with E-state index in [-0.39, 0.29) is 24.2 Å². The van der Waals surface area contributed by atoms with Crippen LogP contribution in [0.15, 0.2) is 67.0 Å². The molecule has 2 N–H and O–H groups in total. The number of fused-ring (bicyclic) bond motifs is 2. The van der Waals surface area contributed by atoms with Crippen LogP contribution in [0.4, 0.5) is 10.5 Å². The monoisotopic (exact) mass is 496 g/mol. The van der Waals surface area contributed by atoms with Gasteiger partial charge in [-0.15, -0.1) is 0 Å². The molecule has 1 fully saturated rings. The number of piperidine rings is 1. The Bertz CT molecular complexity index is 1440. The molecule has 0 saturated carbocycles. The van der Waals surface area contributed by atoms with Crippen LogP contribution < -0.4 is 5.32 Å². The predicted molar refractivity (Wildman–Crippen MR) is 140 cm³/mol. The minimum absolute atomic E-state index is 0.0103. The van der Waals surface area contributed by atoms with E-state index in [0.29, 0.717) is 38.1 Å². The van der Waals surface area contributed by atoms with Crippen LogP contribution in [-0.2, 0) is 4.74 Å². The quantitative estimate of drug-likeness (QED) is 0.411. The minimum atomic E-state index is -0.305. The summed E-state index contributed by atoms with van der Waals surface area (Å²) in [7, 11) is 0. The zero-order valence-corrected chi connectivity index (χ0v) is 20.6. The van der Waals surface area contributed by atoms with E-state index in [9.17, 15) is 9.59 Å². The average Bonchev–Trinajstić information content (AvgIpc) is 3.48. The molecule has 1 atom stereocenters. The maximum atomic E-state index is 13.5. The Morgan fingerprint density at radius 3 is 2.76 bits per heavy atom. The maximum absolute atomic E-state index is 13.5. The van der Waals surface area contributed by atoms with Gasteiger partial charge in [-0.3, -0.25) is 9.78 Å². The number of H-pyrrole nitrogens is 1. The second kappa shape index (κ2) is 9.57. The third kappa shape index (κ3) is 4.26. The third-order valence-corrected chi connectivity index (χ3v) is 7.10. The first-order valence-corrected chi connectivity index (χ1v) is 12.6. The standard InChI is InChI=1S/C28H28N6O3/c1-2-37-28(36)33-14-11-20(12-15-33)34-26(21-7-3-4-8-22(21)27(34)35)30-19-9-10-23-24(16-19)32-25(31-23)18-6-5-13-29-17-18/h3-10,13,16-17,20,26,30H,2,11-12,14-15H2,1H3,(H,31,32)/t26-/m0/s1. The van der Waals surface area contributed by atoms with Gasteiger partial charge < -0.3 is 24.8 Å². The van der Waals surface area contributed by atoms with Crippen molar-refractivity contribution in [1.82, 2.24) is 24.8 Å². The number of nitrogens with zero attached hydrogens (tertiary/aromatic N) is 4. The van der Waals surface area contributed by atoms with Gasteiger partial charge in [0.05, 0.1) is 17.6 Å². The zero-order valence-electron chi connectivity index (χ0n) is 20.6. The van der Waals surface area contributed by atoms with Crippen molar-refractivity contribution in [3.05, 3.63) is 78.1 Å². The number of anilines is 1. The van der Waals surface area contributed by atoms with Gasteiger partial charge in [0, 0.05) is 53.9 Å². The second-order valence-corrected chi connectivity index (χ2v) is 9.32. The molecule has 9 heteroatoms. The van der Waals surface area contributed by atoms with E-state index in [2.05, 4.69) is 15.3 Å². The normalized spacial score (nSPS) is 17.8. The van der Waals surface area contributed by atoms with Gasteiger partial charge in [-0.2, -0.15) is 0 Å². The van der Waals surface area contributed by atoms with Crippen LogP contribution in [0.2, 0.25) is 0 Å². The summed E-state index contributed by atoms with van der Waals surface area (Å²) >= 11 is 0. The molecule has 1 saturated heterocycles. The first kappa shape index (κ1) is 23.0. The first-order valence-electron chi connectivity index (χ1n) is 12.6. The SMILES string of the molecule is CCOC(=O)N1CCC(N2C(=O)c3ccccc3[C@H]2Nc2ccc3nc(-c4cccnc4)[nH]c3c2)CC1. The molecule has 0 aliphatic carbocycles. The molecule has 2 aromatic heterocycles. The maximum Gasteiger partial charge on any atom is 0.409 e. The van der Waals surface area contributed by atoms with Crippen LogP contribution in [-0.4, -0.2) is 62.5 Å². The Balaban J connectivity index is 1.27. The van der Waals surface area contributed by atoms with Crippen molar-refractivity contribution < 1.29 is 14.3 Å². The first-order chi connectivity index (χ1) is 18.1. The van der Waals surface area contributed by atoms with Gasteiger partial charge in [0.25, 0.3) is 5.91 Å². The molecule has 0 radical (unpaired) electrons. The molecule has 6 rings (SSSR count). The van der Waals surface area contributed by atoms with Crippen molar-refractivity contribution in [2.45, 2.75) is 32.0 Å². The van der Waals surface area contributed by atoms with Gasteiger partial charge >= 0.3 is 6.09 Å². The summed E-state index contributed by atoms with van der Waals surface area (Å²) in [6.07, 6.45) is 4.33. The number of imidazole rings is 1. The highest BCUT2D eigenvalue weighted by molar-refractivity contribution is 6.00. The lowest BCUT2D eigenvalue weighted by Crippen LogP contribution is -2.49. The van der Waals surface area contributed by atoms with Crippen molar-refractivity contribution in [2.75, 3.05) is 25.0 Å². The number of carbonyl (C=O) groups excluding carboxylic acids is 2. The lowest BCUT2D eigenvalue weighted by Gasteiger charge is -2.39. The van der Waals surface area contributed by atoms with Crippen molar-refractivity contribution >= 4 is 28.7 Å². The molecule has 0 bridgehead atoms. The van der Waals surface area contributed by atoms with Crippen molar-refractivity contribution in [3.8, 4) is 11.4 Å². The summed E-state index contributed by atoms with van der Waals surface area (Å²) < 4.78 is 5.16. The van der Waals surface area contributed by atoms with Gasteiger partial charge in [-0.05, 0) is 56.2 Å². The molecule has 2 aromatic carbocycles. The molecule has 188 valence electrons. The fraction of sp³-hybridized carbons (Fsp3) is 0.286. The molecule has 4 aromatic rings. The average molecular weight is 497 g/mol. The Hall–Kier alpha value is -4.40. The summed E-state index contributed by atoms with van der Waals surface area (Å²) in [6.45, 7) is 3.29. The predicted octanol–water partition coefficient (Wildman–Crippen LogP) is 4.81. The Morgan fingerprint density at radius 2 is 1.97 bits per heavy atom. The van der Waals surface area contributed by atoms with E-state index in [0.717, 1.165) is 33.7 Å². The number of amides is 2. The third-order valence-electron chi connectivity index (χ3n) is 7.10. The zero-order chi connectivity index (χ0) is 25.4. The second-order valence-electron chi connectivity index (χ2n) is 9.32. The molecular formula is C28H28N6O3. The number of rotatable bonds is 5. The van der Waals surface area contributed by atoms with Crippen LogP contribution in [0.25, 0.3) is 22.4 Å². The van der Waals surface area contributed by atoms with Crippen LogP contribution >= 0.6 is 0 Å². The van der Waals surface area contributed by atoms with Crippen LogP contribution in [0, 0.1) is 0 Å². The van der Waals surface area contributed by atoms with Crippen molar-refractivity contribution in [2.24, 2.45) is 0 Å². The lowest BCUT2D eigenvalue weighted by molar-refractivity contribution is 0.0496. The molecule has 2 aliphatic rings. The van der Waals surface area contributed by atoms with Gasteiger partial charge in [-0.1, -0.05) is 18.2 Å². The van der Waals surface area contributed by atoms with E-state index in [1.807, 2.05) is 59.5 Å². The number of ether oxygens (including phenoxy) is 1. The van der Waals surface area contributed by atoms with Gasteiger partial charge in [0.1, 0.15) is 12.0 Å². The number of carbonyl (C=O) groups is 2. The summed E-state index contributed by atoms with van der Waals surface area (Å²) in [5.41, 5.74) is 5.24. The largest absolute Gasteiger partial charge is 0.450 e. The number of hydrogen-bond donors (Lipinski definition) is 2. The fourth-order valence-corrected chi connectivity index (χ4v) is 5.30. The number of hydrogen-bond acceptors (Lipinski definition) is 6. The van der Waals surface area contributed by atoms with Crippen LogP contribution in [0.1, 0.15) is 41.9 Å². The topological polar surface area (TPSA) is 103 Å². The molecule has 2 aliphatic heterocycles. The summed E-state index contributed by atoms with van der Waals surface area (Å²) in [6, 6.07) is 17.6. The number of pyridine rings is 1. The Morgan fingerprint density at radius 1 is 1.14 bits per heavy atom. The highest BCUT2D eigenvalue weighted by Gasteiger charge is 2.42. The number of aromatic amines is 1. The molecule has 2 amide bonds. The fourth-order valence-electron chi connectivity index (χ4n) is 5.30. The summed E-state index contributed by atoms with van der Waals surface area (Å²) in [4.78, 5) is 41.7. The molecule has 0 unspecified atom stereocenters. The molecule has 37 heavy (non-hydrogen) atoms. The number of nitrogens with one attached hydrogen (secondary N) is 2. The van der Waals surface area contributed by atoms with Crippen LogP contribution in [0.5, 0.6) is 0 Å². The van der Waals surface area contributed by atoms with Gasteiger partial charge in [0.15, 0.2) is 0 Å². The van der Waals surface area contributed by atoms with E-state index in [4.69, 9.17) is 9.72 Å². The Kier molecular flexibility index (Phi) is 5.96. The number of likely N-dealkylation sites (tertiary alicyclic amines) is 1. The van der Waals surface area contributed by atoms with E-state index < -0.39 is 0 Å². The van der Waals surface area contributed by atoms with Crippen molar-refractivity contribution in [3.63, 3.8) is 0 Å². The minimum Gasteiger partial charge on any atom is -0.450 e. The lowest BCUT2D eigenvalue weighted by atomic mass is 10.0. The highest BCUT2D eigenvalue weighted by atomic mass is 16.6. The van der Waals surface area contributed by atoms with E-state index in [1.54, 1.807) is 24.2 Å².